The highest BCUT2D eigenvalue weighted by atomic mass is 19.4. The second kappa shape index (κ2) is 7.41. The number of alkyl halides is 3. The molecule has 0 aliphatic heterocycles. The highest BCUT2D eigenvalue weighted by molar-refractivity contribution is 5.96. The van der Waals surface area contributed by atoms with Crippen molar-refractivity contribution in [3.8, 4) is 0 Å². The van der Waals surface area contributed by atoms with E-state index < -0.39 is 17.6 Å². The van der Waals surface area contributed by atoms with Crippen LogP contribution in [0.4, 0.5) is 17.6 Å². The van der Waals surface area contributed by atoms with Crippen LogP contribution in [0, 0.1) is 5.82 Å². The molecule has 0 atom stereocenters. The fraction of sp³-hybridized carbons (Fsp3) is 0.533. The lowest BCUT2D eigenvalue weighted by Gasteiger charge is -2.09. The Hall–Kier alpha value is -1.39. The van der Waals surface area contributed by atoms with Crippen LogP contribution in [0.1, 0.15) is 61.4 Å². The van der Waals surface area contributed by atoms with E-state index in [1.54, 1.807) is 0 Å². The Bertz CT molecular complexity index is 452. The van der Waals surface area contributed by atoms with Gasteiger partial charge in [0.05, 0.1) is 5.56 Å². The fourth-order valence-electron chi connectivity index (χ4n) is 1.95. The molecule has 0 aliphatic rings. The van der Waals surface area contributed by atoms with Crippen molar-refractivity contribution < 1.29 is 22.4 Å². The van der Waals surface area contributed by atoms with Gasteiger partial charge in [-0.3, -0.25) is 4.79 Å². The maximum atomic E-state index is 13.3. The summed E-state index contributed by atoms with van der Waals surface area (Å²) in [6, 6.07) is 2.34. The third kappa shape index (κ3) is 4.94. The van der Waals surface area contributed by atoms with Crippen LogP contribution < -0.4 is 0 Å². The number of halogens is 4. The molecule has 1 nitrogen and oxygen atoms in total. The van der Waals surface area contributed by atoms with Gasteiger partial charge in [0.15, 0.2) is 5.78 Å². The molecule has 1 aromatic rings. The molecule has 112 valence electrons. The zero-order valence-corrected chi connectivity index (χ0v) is 11.4. The minimum atomic E-state index is -4.73. The summed E-state index contributed by atoms with van der Waals surface area (Å²) < 4.78 is 50.5. The summed E-state index contributed by atoms with van der Waals surface area (Å²) in [5.74, 6) is -1.71. The first-order valence-electron chi connectivity index (χ1n) is 6.76. The van der Waals surface area contributed by atoms with Crippen molar-refractivity contribution in [2.45, 2.75) is 51.6 Å². The standard InChI is InChI=1S/C15H18F4O/c1-2-3-4-5-6-7-14(20)11-8-9-12(13(16)10-11)15(17,18)19/h8-10H,2-7H2,1H3. The van der Waals surface area contributed by atoms with Crippen LogP contribution in [-0.4, -0.2) is 5.78 Å². The topological polar surface area (TPSA) is 17.1 Å². The molecule has 20 heavy (non-hydrogen) atoms. The highest BCUT2D eigenvalue weighted by Gasteiger charge is 2.34. The molecule has 0 aliphatic carbocycles. The number of hydrogen-bond acceptors (Lipinski definition) is 1. The van der Waals surface area contributed by atoms with E-state index in [1.165, 1.54) is 0 Å². The van der Waals surface area contributed by atoms with Gasteiger partial charge in [-0.15, -0.1) is 0 Å². The van der Waals surface area contributed by atoms with Crippen molar-refractivity contribution in [1.82, 2.24) is 0 Å². The summed E-state index contributed by atoms with van der Waals surface area (Å²) in [6.45, 7) is 2.08. The molecule has 0 amide bonds. The summed E-state index contributed by atoms with van der Waals surface area (Å²) in [7, 11) is 0. The average Bonchev–Trinajstić information content (AvgIpc) is 2.36. The van der Waals surface area contributed by atoms with E-state index in [9.17, 15) is 22.4 Å². The van der Waals surface area contributed by atoms with Gasteiger partial charge >= 0.3 is 6.18 Å². The van der Waals surface area contributed by atoms with Gasteiger partial charge in [-0.05, 0) is 18.6 Å². The molecule has 1 aromatic carbocycles. The molecule has 0 heterocycles. The number of hydrogen-bond donors (Lipinski definition) is 0. The van der Waals surface area contributed by atoms with E-state index in [4.69, 9.17) is 0 Å². The first-order chi connectivity index (χ1) is 9.36. The van der Waals surface area contributed by atoms with Crippen LogP contribution >= 0.6 is 0 Å². The lowest BCUT2D eigenvalue weighted by atomic mass is 10.0. The molecule has 0 radical (unpaired) electrons. The Labute approximate surface area is 116 Å². The van der Waals surface area contributed by atoms with E-state index >= 15 is 0 Å². The lowest BCUT2D eigenvalue weighted by molar-refractivity contribution is -0.140. The lowest BCUT2D eigenvalue weighted by Crippen LogP contribution is -2.09. The molecule has 0 aromatic heterocycles. The van der Waals surface area contributed by atoms with Crippen LogP contribution in [-0.2, 0) is 6.18 Å². The van der Waals surface area contributed by atoms with Gasteiger partial charge in [0.25, 0.3) is 0 Å². The second-order valence-electron chi connectivity index (χ2n) is 4.78. The Morgan fingerprint density at radius 1 is 1.10 bits per heavy atom. The molecular formula is C15H18F4O. The Balaban J connectivity index is 2.59. The van der Waals surface area contributed by atoms with Crippen LogP contribution in [0.25, 0.3) is 0 Å². The van der Waals surface area contributed by atoms with Crippen molar-refractivity contribution >= 4 is 5.78 Å². The largest absolute Gasteiger partial charge is 0.419 e. The number of rotatable bonds is 7. The van der Waals surface area contributed by atoms with Crippen molar-refractivity contribution in [2.75, 3.05) is 0 Å². The van der Waals surface area contributed by atoms with Crippen molar-refractivity contribution in [3.05, 3.63) is 35.1 Å². The highest BCUT2D eigenvalue weighted by Crippen LogP contribution is 2.31. The van der Waals surface area contributed by atoms with Gasteiger partial charge in [0, 0.05) is 12.0 Å². The van der Waals surface area contributed by atoms with E-state index in [0.29, 0.717) is 18.6 Å². The van der Waals surface area contributed by atoms with Crippen LogP contribution in [0.2, 0.25) is 0 Å². The molecule has 0 N–H and O–H groups in total. The maximum Gasteiger partial charge on any atom is 0.419 e. The number of ketones is 1. The van der Waals surface area contributed by atoms with E-state index in [2.05, 4.69) is 6.92 Å². The quantitative estimate of drug-likeness (QED) is 0.374. The van der Waals surface area contributed by atoms with Gasteiger partial charge in [0.1, 0.15) is 5.82 Å². The van der Waals surface area contributed by atoms with E-state index in [-0.39, 0.29) is 17.8 Å². The zero-order valence-electron chi connectivity index (χ0n) is 11.4. The number of Topliss-reactive ketones (excluding diaryl/α,β-unsaturated/α-hetero) is 1. The predicted molar refractivity (Wildman–Crippen MR) is 69.1 cm³/mol. The number of carbonyl (C=O) groups excluding carboxylic acids is 1. The normalized spacial score (nSPS) is 11.7. The Morgan fingerprint density at radius 2 is 1.75 bits per heavy atom. The average molecular weight is 290 g/mol. The second-order valence-corrected chi connectivity index (χ2v) is 4.78. The number of benzene rings is 1. The SMILES string of the molecule is CCCCCCCC(=O)c1ccc(C(F)(F)F)c(F)c1. The third-order valence-corrected chi connectivity index (χ3v) is 3.10. The Morgan fingerprint density at radius 3 is 2.30 bits per heavy atom. The molecule has 0 spiro atoms. The van der Waals surface area contributed by atoms with Gasteiger partial charge in [0.2, 0.25) is 0 Å². The van der Waals surface area contributed by atoms with Crippen molar-refractivity contribution in [3.63, 3.8) is 0 Å². The molecular weight excluding hydrogens is 272 g/mol. The summed E-state index contributed by atoms with van der Waals surface area (Å²) in [5, 5.41) is 0. The summed E-state index contributed by atoms with van der Waals surface area (Å²) in [5.41, 5.74) is -1.33. The monoisotopic (exact) mass is 290 g/mol. The van der Waals surface area contributed by atoms with Crippen molar-refractivity contribution in [2.24, 2.45) is 0 Å². The molecule has 0 fully saturated rings. The van der Waals surface area contributed by atoms with Crippen LogP contribution in [0.5, 0.6) is 0 Å². The summed E-state index contributed by atoms with van der Waals surface area (Å²) >= 11 is 0. The molecule has 0 bridgehead atoms. The molecule has 5 heteroatoms. The smallest absolute Gasteiger partial charge is 0.294 e. The molecule has 0 saturated carbocycles. The maximum absolute atomic E-state index is 13.3. The first-order valence-corrected chi connectivity index (χ1v) is 6.76. The van der Waals surface area contributed by atoms with Crippen LogP contribution in [0.3, 0.4) is 0 Å². The van der Waals surface area contributed by atoms with Gasteiger partial charge in [-0.2, -0.15) is 13.2 Å². The van der Waals surface area contributed by atoms with E-state index in [0.717, 1.165) is 31.7 Å². The Kier molecular flexibility index (Phi) is 6.17. The van der Waals surface area contributed by atoms with Crippen molar-refractivity contribution in [1.29, 1.82) is 0 Å². The summed E-state index contributed by atoms with van der Waals surface area (Å²) in [6.07, 6.45) is 0.330. The minimum absolute atomic E-state index is 0.00555. The number of carbonyl (C=O) groups is 1. The van der Waals surface area contributed by atoms with E-state index in [1.807, 2.05) is 0 Å². The molecule has 0 saturated heterocycles. The first kappa shape index (κ1) is 16.7. The van der Waals surface area contributed by atoms with Gasteiger partial charge in [-0.25, -0.2) is 4.39 Å². The minimum Gasteiger partial charge on any atom is -0.294 e. The molecule has 0 unspecified atom stereocenters. The fourth-order valence-corrected chi connectivity index (χ4v) is 1.95. The molecule has 1 rings (SSSR count). The van der Waals surface area contributed by atoms with Gasteiger partial charge in [-0.1, -0.05) is 38.7 Å². The number of unbranched alkanes of at least 4 members (excludes halogenated alkanes) is 4. The zero-order chi connectivity index (χ0) is 15.2. The summed E-state index contributed by atoms with van der Waals surface area (Å²) in [4.78, 5) is 11.7. The van der Waals surface area contributed by atoms with Gasteiger partial charge < -0.3 is 0 Å². The van der Waals surface area contributed by atoms with Crippen LogP contribution in [0.15, 0.2) is 18.2 Å². The third-order valence-electron chi connectivity index (χ3n) is 3.10. The predicted octanol–water partition coefficient (Wildman–Crippen LogP) is 5.39.